The zero-order valence-electron chi connectivity index (χ0n) is 14.7. The second-order valence-corrected chi connectivity index (χ2v) is 6.90. The highest BCUT2D eigenvalue weighted by Gasteiger charge is 2.12. The average Bonchev–Trinajstić information content (AvgIpc) is 2.38. The highest BCUT2D eigenvalue weighted by molar-refractivity contribution is 5.76. The van der Waals surface area contributed by atoms with Crippen LogP contribution in [0.1, 0.15) is 66.7 Å². The topological polar surface area (TPSA) is 49.4 Å². The van der Waals surface area contributed by atoms with Crippen molar-refractivity contribution in [1.82, 2.24) is 10.2 Å². The van der Waals surface area contributed by atoms with Gasteiger partial charge in [-0.05, 0) is 44.9 Å². The third kappa shape index (κ3) is 11.3. The summed E-state index contributed by atoms with van der Waals surface area (Å²) >= 11 is 0. The second-order valence-electron chi connectivity index (χ2n) is 6.90. The van der Waals surface area contributed by atoms with Gasteiger partial charge in [-0.15, -0.1) is 0 Å². The molecule has 0 spiro atoms. The van der Waals surface area contributed by atoms with Crippen LogP contribution in [0.5, 0.6) is 0 Å². The summed E-state index contributed by atoms with van der Waals surface area (Å²) in [5.41, 5.74) is 0. The van der Waals surface area contributed by atoms with Crippen LogP contribution in [0, 0.1) is 11.8 Å². The number of hydrogen-bond acceptors (Lipinski definition) is 2. The maximum Gasteiger partial charge on any atom is 0.222 e. The monoisotopic (exact) mass is 298 g/mol. The van der Waals surface area contributed by atoms with E-state index in [0.717, 1.165) is 25.8 Å². The maximum absolute atomic E-state index is 11.9. The summed E-state index contributed by atoms with van der Waals surface area (Å²) in [5, 5.41) is 2.91. The van der Waals surface area contributed by atoms with E-state index >= 15 is 0 Å². The van der Waals surface area contributed by atoms with E-state index in [1.165, 1.54) is 0 Å². The van der Waals surface area contributed by atoms with Crippen LogP contribution < -0.4 is 5.32 Å². The van der Waals surface area contributed by atoms with Crippen LogP contribution in [0.25, 0.3) is 0 Å². The molecule has 0 aromatic rings. The quantitative estimate of drug-likeness (QED) is 0.673. The van der Waals surface area contributed by atoms with Crippen molar-refractivity contribution in [3.05, 3.63) is 0 Å². The van der Waals surface area contributed by atoms with Crippen molar-refractivity contribution < 1.29 is 9.59 Å². The van der Waals surface area contributed by atoms with Crippen molar-refractivity contribution in [1.29, 1.82) is 0 Å². The first-order chi connectivity index (χ1) is 9.72. The molecule has 0 aliphatic heterocycles. The third-order valence-corrected chi connectivity index (χ3v) is 3.63. The van der Waals surface area contributed by atoms with E-state index in [1.807, 2.05) is 25.8 Å². The summed E-state index contributed by atoms with van der Waals surface area (Å²) in [6, 6.07) is 0.206. The van der Waals surface area contributed by atoms with Gasteiger partial charge in [0.15, 0.2) is 0 Å². The predicted octanol–water partition coefficient (Wildman–Crippen LogP) is 3.21. The summed E-state index contributed by atoms with van der Waals surface area (Å²) in [5.74, 6) is 1.38. The van der Waals surface area contributed by atoms with E-state index < -0.39 is 0 Å². The Labute approximate surface area is 130 Å². The van der Waals surface area contributed by atoms with Crippen LogP contribution in [0.2, 0.25) is 0 Å². The van der Waals surface area contributed by atoms with Crippen molar-refractivity contribution in [2.24, 2.45) is 11.8 Å². The maximum atomic E-state index is 11.9. The molecular formula is C17H34N2O2. The molecule has 0 saturated heterocycles. The first kappa shape index (κ1) is 19.9. The molecule has 4 heteroatoms. The van der Waals surface area contributed by atoms with Crippen LogP contribution in [0.3, 0.4) is 0 Å². The molecule has 21 heavy (non-hydrogen) atoms. The molecule has 0 rings (SSSR count). The molecular weight excluding hydrogens is 264 g/mol. The second kappa shape index (κ2) is 10.6. The van der Waals surface area contributed by atoms with Gasteiger partial charge >= 0.3 is 0 Å². The molecule has 0 aromatic carbocycles. The van der Waals surface area contributed by atoms with Crippen LogP contribution in [0.4, 0.5) is 0 Å². The largest absolute Gasteiger partial charge is 0.354 e. The van der Waals surface area contributed by atoms with Gasteiger partial charge in [-0.2, -0.15) is 0 Å². The van der Waals surface area contributed by atoms with Crippen molar-refractivity contribution in [2.75, 3.05) is 13.6 Å². The highest BCUT2D eigenvalue weighted by Crippen LogP contribution is 2.12. The van der Waals surface area contributed by atoms with Gasteiger partial charge in [0.2, 0.25) is 11.8 Å². The Morgan fingerprint density at radius 2 is 1.57 bits per heavy atom. The SMILES string of the molecule is CC(C)CCC(=O)N(C)CCC(C)CCC(=O)NC(C)C. The molecule has 0 aliphatic carbocycles. The summed E-state index contributed by atoms with van der Waals surface area (Å²) in [6.45, 7) is 11.1. The molecule has 0 aromatic heterocycles. The Morgan fingerprint density at radius 3 is 2.10 bits per heavy atom. The van der Waals surface area contributed by atoms with Crippen molar-refractivity contribution in [2.45, 2.75) is 72.8 Å². The molecule has 1 atom stereocenters. The summed E-state index contributed by atoms with van der Waals surface area (Å²) < 4.78 is 0. The first-order valence-corrected chi connectivity index (χ1v) is 8.25. The standard InChI is InChI=1S/C17H34N2O2/c1-13(2)7-10-17(21)19(6)12-11-15(5)8-9-16(20)18-14(3)4/h13-15H,7-12H2,1-6H3,(H,18,20). The molecule has 0 heterocycles. The third-order valence-electron chi connectivity index (χ3n) is 3.63. The van der Waals surface area contributed by atoms with Crippen LogP contribution in [-0.2, 0) is 9.59 Å². The van der Waals surface area contributed by atoms with Gasteiger partial charge in [-0.3, -0.25) is 9.59 Å². The Kier molecular flexibility index (Phi) is 10.1. The van der Waals surface area contributed by atoms with E-state index in [4.69, 9.17) is 0 Å². The lowest BCUT2D eigenvalue weighted by Gasteiger charge is -2.20. The fraction of sp³-hybridized carbons (Fsp3) is 0.882. The minimum atomic E-state index is 0.123. The number of rotatable bonds is 10. The Hall–Kier alpha value is -1.06. The Balaban J connectivity index is 3.83. The van der Waals surface area contributed by atoms with E-state index in [0.29, 0.717) is 24.7 Å². The number of amides is 2. The molecule has 2 amide bonds. The van der Waals surface area contributed by atoms with Gasteiger partial charge in [0, 0.05) is 32.5 Å². The molecule has 0 saturated carbocycles. The van der Waals surface area contributed by atoms with E-state index in [-0.39, 0.29) is 17.9 Å². The smallest absolute Gasteiger partial charge is 0.222 e. The number of carbonyl (C=O) groups excluding carboxylic acids is 2. The number of nitrogens with zero attached hydrogens (tertiary/aromatic N) is 1. The van der Waals surface area contributed by atoms with Crippen LogP contribution in [0.15, 0.2) is 0 Å². The minimum absolute atomic E-state index is 0.123. The van der Waals surface area contributed by atoms with Gasteiger partial charge in [0.05, 0.1) is 0 Å². The first-order valence-electron chi connectivity index (χ1n) is 8.25. The predicted molar refractivity (Wildman–Crippen MR) is 88.0 cm³/mol. The van der Waals surface area contributed by atoms with Crippen molar-refractivity contribution in [3.8, 4) is 0 Å². The fourth-order valence-corrected chi connectivity index (χ4v) is 2.06. The van der Waals surface area contributed by atoms with E-state index in [2.05, 4.69) is 26.1 Å². The van der Waals surface area contributed by atoms with Crippen molar-refractivity contribution in [3.63, 3.8) is 0 Å². The van der Waals surface area contributed by atoms with Crippen LogP contribution in [-0.4, -0.2) is 36.3 Å². The van der Waals surface area contributed by atoms with E-state index in [1.54, 1.807) is 0 Å². The molecule has 124 valence electrons. The molecule has 1 unspecified atom stereocenters. The zero-order chi connectivity index (χ0) is 16.4. The Morgan fingerprint density at radius 1 is 0.952 bits per heavy atom. The lowest BCUT2D eigenvalue weighted by Crippen LogP contribution is -2.31. The van der Waals surface area contributed by atoms with Crippen molar-refractivity contribution >= 4 is 11.8 Å². The molecule has 0 fully saturated rings. The van der Waals surface area contributed by atoms with E-state index in [9.17, 15) is 9.59 Å². The summed E-state index contributed by atoms with van der Waals surface area (Å²) in [4.78, 5) is 25.3. The van der Waals surface area contributed by atoms with Gasteiger partial charge in [0.1, 0.15) is 0 Å². The van der Waals surface area contributed by atoms with Gasteiger partial charge in [0.25, 0.3) is 0 Å². The van der Waals surface area contributed by atoms with Gasteiger partial charge < -0.3 is 10.2 Å². The number of carbonyl (C=O) groups is 2. The van der Waals surface area contributed by atoms with Gasteiger partial charge in [-0.1, -0.05) is 20.8 Å². The lowest BCUT2D eigenvalue weighted by molar-refractivity contribution is -0.130. The average molecular weight is 298 g/mol. The van der Waals surface area contributed by atoms with Gasteiger partial charge in [-0.25, -0.2) is 0 Å². The Bertz CT molecular complexity index is 314. The molecule has 0 aliphatic rings. The molecule has 1 N–H and O–H groups in total. The summed E-state index contributed by atoms with van der Waals surface area (Å²) in [7, 11) is 1.88. The minimum Gasteiger partial charge on any atom is -0.354 e. The fourth-order valence-electron chi connectivity index (χ4n) is 2.06. The normalized spacial score (nSPS) is 12.6. The number of hydrogen-bond donors (Lipinski definition) is 1. The lowest BCUT2D eigenvalue weighted by atomic mass is 10.0. The zero-order valence-corrected chi connectivity index (χ0v) is 14.7. The molecule has 0 radical (unpaired) electrons. The number of nitrogens with one attached hydrogen (secondary N) is 1. The summed E-state index contributed by atoms with van der Waals surface area (Å²) in [6.07, 6.45) is 4.00. The van der Waals surface area contributed by atoms with Crippen LogP contribution >= 0.6 is 0 Å². The highest BCUT2D eigenvalue weighted by atomic mass is 16.2. The molecule has 0 bridgehead atoms. The molecule has 4 nitrogen and oxygen atoms in total.